The average Bonchev–Trinajstić information content (AvgIpc) is 3.08. The third-order valence-corrected chi connectivity index (χ3v) is 3.08. The summed E-state index contributed by atoms with van der Waals surface area (Å²) in [6.07, 6.45) is 3.17. The molecule has 6 nitrogen and oxygen atoms in total. The van der Waals surface area contributed by atoms with Crippen LogP contribution in [0.15, 0.2) is 53.3 Å². The summed E-state index contributed by atoms with van der Waals surface area (Å²) in [4.78, 5) is 22.3. The number of nitrogens with zero attached hydrogens (tertiary/aromatic N) is 2. The first-order valence-electron chi connectivity index (χ1n) is 5.95. The summed E-state index contributed by atoms with van der Waals surface area (Å²) in [6, 6.07) is 9.63. The fourth-order valence-electron chi connectivity index (χ4n) is 2.09. The Morgan fingerprint density at radius 2 is 2.15 bits per heavy atom. The number of rotatable bonds is 4. The van der Waals surface area contributed by atoms with E-state index >= 15 is 0 Å². The van der Waals surface area contributed by atoms with E-state index < -0.39 is 4.92 Å². The van der Waals surface area contributed by atoms with Gasteiger partial charge in [0.2, 0.25) is 5.78 Å². The normalized spacial score (nSPS) is 10.8. The number of carbonyl (C=O) groups excluding carboxylic acids is 1. The highest BCUT2D eigenvalue weighted by Crippen LogP contribution is 2.22. The van der Waals surface area contributed by atoms with Gasteiger partial charge in [0.15, 0.2) is 5.76 Å². The molecule has 3 aromatic rings. The second-order valence-corrected chi connectivity index (χ2v) is 4.34. The highest BCUT2D eigenvalue weighted by molar-refractivity contribution is 5.94. The molecule has 0 N–H and O–H groups in total. The molecular formula is C14H10N2O4. The van der Waals surface area contributed by atoms with E-state index in [1.54, 1.807) is 29.0 Å². The molecule has 0 saturated carbocycles. The summed E-state index contributed by atoms with van der Waals surface area (Å²) in [6.45, 7) is 0.0815. The molecule has 2 aromatic heterocycles. The number of fused-ring (bicyclic) bond motifs is 1. The molecule has 2 heterocycles. The molecule has 0 amide bonds. The van der Waals surface area contributed by atoms with Gasteiger partial charge in [0.1, 0.15) is 0 Å². The van der Waals surface area contributed by atoms with Crippen LogP contribution < -0.4 is 0 Å². The smallest absolute Gasteiger partial charge is 0.271 e. The third kappa shape index (κ3) is 2.07. The number of carbonyl (C=O) groups is 1. The molecule has 1 aromatic carbocycles. The monoisotopic (exact) mass is 270 g/mol. The van der Waals surface area contributed by atoms with Gasteiger partial charge in [-0.05, 0) is 24.3 Å². The van der Waals surface area contributed by atoms with Gasteiger partial charge in [0.25, 0.3) is 5.69 Å². The van der Waals surface area contributed by atoms with Gasteiger partial charge in [-0.1, -0.05) is 0 Å². The Bertz CT molecular complexity index is 787. The Hall–Kier alpha value is -2.89. The van der Waals surface area contributed by atoms with Gasteiger partial charge in [-0.25, -0.2) is 0 Å². The molecule has 0 fully saturated rings. The van der Waals surface area contributed by atoms with Gasteiger partial charge in [0.05, 0.1) is 23.2 Å². The Morgan fingerprint density at radius 3 is 2.85 bits per heavy atom. The van der Waals surface area contributed by atoms with Gasteiger partial charge in [-0.3, -0.25) is 14.9 Å². The number of non-ortho nitro benzene ring substituents is 1. The van der Waals surface area contributed by atoms with E-state index in [9.17, 15) is 14.9 Å². The van der Waals surface area contributed by atoms with Gasteiger partial charge in [-0.2, -0.15) is 0 Å². The van der Waals surface area contributed by atoms with Crippen molar-refractivity contribution < 1.29 is 14.1 Å². The lowest BCUT2D eigenvalue weighted by atomic mass is 10.2. The van der Waals surface area contributed by atoms with Gasteiger partial charge >= 0.3 is 0 Å². The van der Waals surface area contributed by atoms with E-state index in [0.717, 1.165) is 5.39 Å². The summed E-state index contributed by atoms with van der Waals surface area (Å²) >= 11 is 0. The van der Waals surface area contributed by atoms with Crippen molar-refractivity contribution in [1.29, 1.82) is 0 Å². The summed E-state index contributed by atoms with van der Waals surface area (Å²) < 4.78 is 6.72. The number of ketones is 1. The molecule has 3 rings (SSSR count). The number of benzene rings is 1. The predicted molar refractivity (Wildman–Crippen MR) is 71.6 cm³/mol. The highest BCUT2D eigenvalue weighted by atomic mass is 16.6. The molecular weight excluding hydrogens is 260 g/mol. The van der Waals surface area contributed by atoms with Crippen LogP contribution in [0.2, 0.25) is 0 Å². The van der Waals surface area contributed by atoms with Crippen LogP contribution in [0.5, 0.6) is 0 Å². The first-order valence-corrected chi connectivity index (χ1v) is 5.95. The van der Waals surface area contributed by atoms with E-state index in [1.807, 2.05) is 6.07 Å². The van der Waals surface area contributed by atoms with E-state index in [0.29, 0.717) is 5.52 Å². The van der Waals surface area contributed by atoms with Crippen LogP contribution in [0, 0.1) is 10.1 Å². The molecule has 0 aliphatic carbocycles. The SMILES string of the molecule is O=C(Cn1ccc2ccc([N+](=O)[O-])cc21)c1ccco1. The predicted octanol–water partition coefficient (Wildman–Crippen LogP) is 3.03. The fourth-order valence-corrected chi connectivity index (χ4v) is 2.09. The molecule has 0 saturated heterocycles. The lowest BCUT2D eigenvalue weighted by molar-refractivity contribution is -0.384. The number of nitro benzene ring substituents is 1. The molecule has 0 aliphatic rings. The highest BCUT2D eigenvalue weighted by Gasteiger charge is 2.13. The molecule has 20 heavy (non-hydrogen) atoms. The van der Waals surface area contributed by atoms with Crippen molar-refractivity contribution in [2.24, 2.45) is 0 Å². The van der Waals surface area contributed by atoms with Crippen molar-refractivity contribution in [1.82, 2.24) is 4.57 Å². The maximum absolute atomic E-state index is 12.0. The lowest BCUT2D eigenvalue weighted by Gasteiger charge is -2.03. The Labute approximate surface area is 113 Å². The van der Waals surface area contributed by atoms with Gasteiger partial charge < -0.3 is 8.98 Å². The topological polar surface area (TPSA) is 78.3 Å². The number of hydrogen-bond acceptors (Lipinski definition) is 4. The second kappa shape index (κ2) is 4.65. The second-order valence-electron chi connectivity index (χ2n) is 4.34. The number of furan rings is 1. The van der Waals surface area contributed by atoms with Crippen molar-refractivity contribution in [3.8, 4) is 0 Å². The van der Waals surface area contributed by atoms with Crippen LogP contribution in [0.4, 0.5) is 5.69 Å². The maximum atomic E-state index is 12.0. The molecule has 0 aliphatic heterocycles. The average molecular weight is 270 g/mol. The van der Waals surface area contributed by atoms with Crippen molar-refractivity contribution in [3.63, 3.8) is 0 Å². The molecule has 6 heteroatoms. The first kappa shape index (κ1) is 12.2. The number of aromatic nitrogens is 1. The lowest BCUT2D eigenvalue weighted by Crippen LogP contribution is -2.08. The maximum Gasteiger partial charge on any atom is 0.271 e. The van der Waals surface area contributed by atoms with Crippen molar-refractivity contribution in [2.75, 3.05) is 0 Å². The zero-order valence-electron chi connectivity index (χ0n) is 10.4. The first-order chi connectivity index (χ1) is 9.65. The van der Waals surface area contributed by atoms with E-state index in [-0.39, 0.29) is 23.8 Å². The molecule has 0 unspecified atom stereocenters. The number of Topliss-reactive ketones (excluding diaryl/α,β-unsaturated/α-hetero) is 1. The van der Waals surface area contributed by atoms with Crippen molar-refractivity contribution >= 4 is 22.4 Å². The van der Waals surface area contributed by atoms with Crippen LogP contribution in [0.25, 0.3) is 10.9 Å². The van der Waals surface area contributed by atoms with Gasteiger partial charge in [-0.15, -0.1) is 0 Å². The quantitative estimate of drug-likeness (QED) is 0.414. The number of hydrogen-bond donors (Lipinski definition) is 0. The van der Waals surface area contributed by atoms with Crippen LogP contribution in [0.3, 0.4) is 0 Å². The third-order valence-electron chi connectivity index (χ3n) is 3.08. The minimum atomic E-state index is -0.453. The van der Waals surface area contributed by atoms with E-state index in [1.165, 1.54) is 18.4 Å². The zero-order chi connectivity index (χ0) is 14.1. The van der Waals surface area contributed by atoms with Crippen molar-refractivity contribution in [2.45, 2.75) is 6.54 Å². The largest absolute Gasteiger partial charge is 0.461 e. The minimum absolute atomic E-state index is 0.00268. The zero-order valence-corrected chi connectivity index (χ0v) is 10.4. The number of nitro groups is 1. The molecule has 0 atom stereocenters. The Morgan fingerprint density at radius 1 is 1.30 bits per heavy atom. The molecule has 0 radical (unpaired) electrons. The molecule has 0 spiro atoms. The van der Waals surface area contributed by atoms with Crippen LogP contribution >= 0.6 is 0 Å². The van der Waals surface area contributed by atoms with Crippen LogP contribution in [-0.2, 0) is 6.54 Å². The summed E-state index contributed by atoms with van der Waals surface area (Å²) in [5, 5.41) is 11.7. The standard InChI is InChI=1S/C14H10N2O4/c17-13(14-2-1-7-20-14)9-15-6-5-10-3-4-11(16(18)19)8-12(10)15/h1-8H,9H2. The Kier molecular flexibility index (Phi) is 2.83. The van der Waals surface area contributed by atoms with Crippen LogP contribution in [-0.4, -0.2) is 15.3 Å². The van der Waals surface area contributed by atoms with E-state index in [4.69, 9.17) is 4.42 Å². The molecule has 100 valence electrons. The summed E-state index contributed by atoms with van der Waals surface area (Å²) in [7, 11) is 0. The summed E-state index contributed by atoms with van der Waals surface area (Å²) in [5.74, 6) is 0.0938. The molecule has 0 bridgehead atoms. The van der Waals surface area contributed by atoms with Crippen molar-refractivity contribution in [3.05, 3.63) is 64.7 Å². The minimum Gasteiger partial charge on any atom is -0.461 e. The van der Waals surface area contributed by atoms with E-state index in [2.05, 4.69) is 0 Å². The Balaban J connectivity index is 1.97. The summed E-state index contributed by atoms with van der Waals surface area (Å²) in [5.41, 5.74) is 0.655. The van der Waals surface area contributed by atoms with Crippen LogP contribution in [0.1, 0.15) is 10.6 Å². The van der Waals surface area contributed by atoms with Gasteiger partial charge in [0, 0.05) is 23.7 Å². The fraction of sp³-hybridized carbons (Fsp3) is 0.0714.